The van der Waals surface area contributed by atoms with Crippen LogP contribution in [-0.2, 0) is 11.2 Å². The van der Waals surface area contributed by atoms with Crippen molar-refractivity contribution in [2.24, 2.45) is 0 Å². The third-order valence-corrected chi connectivity index (χ3v) is 3.49. The van der Waals surface area contributed by atoms with Gasteiger partial charge in [0, 0.05) is 5.69 Å². The van der Waals surface area contributed by atoms with E-state index in [1.165, 1.54) is 0 Å². The van der Waals surface area contributed by atoms with Crippen molar-refractivity contribution < 1.29 is 10.0 Å². The first-order valence-electron chi connectivity index (χ1n) is 7.31. The molecule has 0 saturated carbocycles. The van der Waals surface area contributed by atoms with Crippen molar-refractivity contribution in [3.63, 3.8) is 0 Å². The number of nitrogens with zero attached hydrogens (tertiary/aromatic N) is 2. The maximum Gasteiger partial charge on any atom is 0.262 e. The van der Waals surface area contributed by atoms with Gasteiger partial charge in [-0.15, -0.1) is 0 Å². The number of aromatic nitrogens is 2. The van der Waals surface area contributed by atoms with Crippen LogP contribution < -0.4 is 10.8 Å². The summed E-state index contributed by atoms with van der Waals surface area (Å²) in [6.07, 6.45) is 4.31. The molecule has 0 atom stereocenters. The zero-order chi connectivity index (χ0) is 15.2. The fourth-order valence-electron chi connectivity index (χ4n) is 2.44. The fraction of sp³-hybridized carbons (Fsp3) is 0.467. The lowest BCUT2D eigenvalue weighted by Crippen LogP contribution is -2.27. The molecule has 0 unspecified atom stereocenters. The zero-order valence-corrected chi connectivity index (χ0v) is 12.5. The number of hydroxylamine groups is 1. The van der Waals surface area contributed by atoms with Crippen LogP contribution in [-0.4, -0.2) is 27.0 Å². The molecule has 0 radical (unpaired) electrons. The Morgan fingerprint density at radius 1 is 1.38 bits per heavy atom. The lowest BCUT2D eigenvalue weighted by Gasteiger charge is -2.08. The molecular formula is C15H22N4O2. The van der Waals surface area contributed by atoms with Crippen molar-refractivity contribution in [3.05, 3.63) is 29.6 Å². The van der Waals surface area contributed by atoms with E-state index in [0.29, 0.717) is 5.82 Å². The number of nitrogens with one attached hydrogen (secondary N) is 2. The molecule has 0 saturated heterocycles. The van der Waals surface area contributed by atoms with Crippen LogP contribution in [0.2, 0.25) is 0 Å². The number of carbonyl (C=O) groups is 1. The topological polar surface area (TPSA) is 78.7 Å². The molecule has 3 N–H and O–H groups in total. The van der Waals surface area contributed by atoms with Gasteiger partial charge in [0.25, 0.3) is 5.91 Å². The smallest absolute Gasteiger partial charge is 0.262 e. The highest BCUT2D eigenvalue weighted by atomic mass is 16.5. The summed E-state index contributed by atoms with van der Waals surface area (Å²) in [6.45, 7) is 4.22. The fourth-order valence-corrected chi connectivity index (χ4v) is 2.44. The van der Waals surface area contributed by atoms with Gasteiger partial charge in [-0.05, 0) is 31.9 Å². The van der Waals surface area contributed by atoms with Gasteiger partial charge < -0.3 is 5.32 Å². The van der Waals surface area contributed by atoms with E-state index in [0.717, 1.165) is 42.7 Å². The van der Waals surface area contributed by atoms with Gasteiger partial charge in [0.1, 0.15) is 11.5 Å². The molecule has 0 bridgehead atoms. The summed E-state index contributed by atoms with van der Waals surface area (Å²) in [7, 11) is 0. The quantitative estimate of drug-likeness (QED) is 0.415. The number of amides is 1. The first-order chi connectivity index (χ1) is 10.2. The lowest BCUT2D eigenvalue weighted by atomic mass is 10.1. The van der Waals surface area contributed by atoms with Crippen LogP contribution in [0.5, 0.6) is 0 Å². The second-order valence-electron chi connectivity index (χ2n) is 5.11. The van der Waals surface area contributed by atoms with Gasteiger partial charge >= 0.3 is 0 Å². The Morgan fingerprint density at radius 3 is 2.90 bits per heavy atom. The molecule has 1 amide bonds. The van der Waals surface area contributed by atoms with E-state index in [9.17, 15) is 4.79 Å². The number of fused-ring (bicyclic) bond motifs is 1. The largest absolute Gasteiger partial charge is 0.359 e. The van der Waals surface area contributed by atoms with Gasteiger partial charge in [0.2, 0.25) is 0 Å². The molecule has 0 fully saturated rings. The number of unbranched alkanes of at least 4 members (excludes halogenated alkanes) is 2. The zero-order valence-electron chi connectivity index (χ0n) is 12.5. The molecule has 2 aromatic heterocycles. The van der Waals surface area contributed by atoms with Gasteiger partial charge in [-0.2, -0.15) is 0 Å². The van der Waals surface area contributed by atoms with Gasteiger partial charge in [0.15, 0.2) is 0 Å². The van der Waals surface area contributed by atoms with E-state index in [4.69, 9.17) is 5.21 Å². The van der Waals surface area contributed by atoms with Crippen molar-refractivity contribution in [1.82, 2.24) is 14.9 Å². The van der Waals surface area contributed by atoms with E-state index in [2.05, 4.69) is 21.6 Å². The Balaban J connectivity index is 2.31. The average molecular weight is 290 g/mol. The SMILES string of the molecule is CCCCCc1c(NCC(=O)NO)nc2cccc(C)n12. The van der Waals surface area contributed by atoms with Gasteiger partial charge in [0.05, 0.1) is 12.2 Å². The monoisotopic (exact) mass is 290 g/mol. The van der Waals surface area contributed by atoms with E-state index < -0.39 is 5.91 Å². The Kier molecular flexibility index (Phi) is 5.16. The molecule has 21 heavy (non-hydrogen) atoms. The molecule has 2 rings (SSSR count). The summed E-state index contributed by atoms with van der Waals surface area (Å²) in [5.41, 5.74) is 4.69. The van der Waals surface area contributed by atoms with Crippen molar-refractivity contribution in [3.8, 4) is 0 Å². The van der Waals surface area contributed by atoms with E-state index in [1.54, 1.807) is 5.48 Å². The number of rotatable bonds is 7. The molecule has 0 aliphatic rings. The van der Waals surface area contributed by atoms with Crippen molar-refractivity contribution >= 4 is 17.4 Å². The minimum Gasteiger partial charge on any atom is -0.359 e. The van der Waals surface area contributed by atoms with Crippen LogP contribution in [0.1, 0.15) is 37.6 Å². The predicted octanol–water partition coefficient (Wildman–Crippen LogP) is 2.29. The van der Waals surface area contributed by atoms with Crippen molar-refractivity contribution in [1.29, 1.82) is 0 Å². The molecule has 6 nitrogen and oxygen atoms in total. The van der Waals surface area contributed by atoms with Crippen LogP contribution in [0.25, 0.3) is 5.65 Å². The van der Waals surface area contributed by atoms with Crippen molar-refractivity contribution in [2.45, 2.75) is 39.5 Å². The Morgan fingerprint density at radius 2 is 2.19 bits per heavy atom. The molecule has 0 spiro atoms. The highest BCUT2D eigenvalue weighted by Gasteiger charge is 2.13. The first kappa shape index (κ1) is 15.3. The Hall–Kier alpha value is -2.08. The maximum atomic E-state index is 11.2. The first-order valence-corrected chi connectivity index (χ1v) is 7.31. The summed E-state index contributed by atoms with van der Waals surface area (Å²) in [5.74, 6) is 0.229. The third kappa shape index (κ3) is 3.52. The lowest BCUT2D eigenvalue weighted by molar-refractivity contribution is -0.127. The summed E-state index contributed by atoms with van der Waals surface area (Å²) in [5, 5.41) is 11.6. The number of carbonyl (C=O) groups excluding carboxylic acids is 1. The molecule has 0 aliphatic heterocycles. The number of anilines is 1. The molecule has 6 heteroatoms. The number of hydrogen-bond donors (Lipinski definition) is 3. The average Bonchev–Trinajstić information content (AvgIpc) is 2.84. The second kappa shape index (κ2) is 7.08. The van der Waals surface area contributed by atoms with Crippen LogP contribution in [0.15, 0.2) is 18.2 Å². The third-order valence-electron chi connectivity index (χ3n) is 3.49. The van der Waals surface area contributed by atoms with E-state index >= 15 is 0 Å². The second-order valence-corrected chi connectivity index (χ2v) is 5.11. The van der Waals surface area contributed by atoms with E-state index in [1.807, 2.05) is 25.1 Å². The highest BCUT2D eigenvalue weighted by Crippen LogP contribution is 2.21. The maximum absolute atomic E-state index is 11.2. The number of pyridine rings is 1. The minimum atomic E-state index is -0.483. The Bertz CT molecular complexity index is 621. The number of imidazole rings is 1. The standard InChI is InChI=1S/C15H22N4O2/c1-3-4-5-8-12-15(16-10-14(20)18-21)17-13-9-6-7-11(2)19(12)13/h6-7,9,16,21H,3-5,8,10H2,1-2H3,(H,18,20). The molecular weight excluding hydrogens is 268 g/mol. The molecule has 114 valence electrons. The normalized spacial score (nSPS) is 10.8. The minimum absolute atomic E-state index is 0.000206. The summed E-state index contributed by atoms with van der Waals surface area (Å²) < 4.78 is 2.12. The molecule has 2 heterocycles. The van der Waals surface area contributed by atoms with Gasteiger partial charge in [-0.1, -0.05) is 25.8 Å². The predicted molar refractivity (Wildman–Crippen MR) is 81.6 cm³/mol. The van der Waals surface area contributed by atoms with Crippen LogP contribution in [0, 0.1) is 6.92 Å². The van der Waals surface area contributed by atoms with Crippen LogP contribution in [0.3, 0.4) is 0 Å². The molecule has 0 aromatic carbocycles. The molecule has 2 aromatic rings. The van der Waals surface area contributed by atoms with Crippen molar-refractivity contribution in [2.75, 3.05) is 11.9 Å². The molecule has 0 aliphatic carbocycles. The van der Waals surface area contributed by atoms with Gasteiger partial charge in [-0.25, -0.2) is 10.5 Å². The Labute approximate surface area is 124 Å². The van der Waals surface area contributed by atoms with Crippen LogP contribution >= 0.6 is 0 Å². The van der Waals surface area contributed by atoms with Crippen LogP contribution in [0.4, 0.5) is 5.82 Å². The highest BCUT2D eigenvalue weighted by molar-refractivity contribution is 5.79. The van der Waals surface area contributed by atoms with E-state index in [-0.39, 0.29) is 6.54 Å². The van der Waals surface area contributed by atoms with Gasteiger partial charge in [-0.3, -0.25) is 14.4 Å². The number of hydrogen-bond acceptors (Lipinski definition) is 4. The summed E-state index contributed by atoms with van der Waals surface area (Å²) >= 11 is 0. The summed E-state index contributed by atoms with van der Waals surface area (Å²) in [4.78, 5) is 15.7. The number of aryl methyl sites for hydroxylation is 2. The summed E-state index contributed by atoms with van der Waals surface area (Å²) in [6, 6.07) is 5.97.